The monoisotopic (exact) mass is 227 g/mol. The van der Waals surface area contributed by atoms with Crippen LogP contribution in [-0.2, 0) is 0 Å². The van der Waals surface area contributed by atoms with E-state index in [0.717, 1.165) is 5.84 Å². The zero-order valence-corrected chi connectivity index (χ0v) is 7.14. The molecule has 48 valence electrons. The average molecular weight is 227 g/mol. The van der Waals surface area contributed by atoms with Crippen molar-refractivity contribution in [3.05, 3.63) is 0 Å². The third kappa shape index (κ3) is 4.32. The zero-order valence-electron chi connectivity index (χ0n) is 4.98. The number of halogens is 1. The van der Waals surface area contributed by atoms with Crippen LogP contribution >= 0.6 is 22.9 Å². The standard InChI is InChI=1S/C4H10IN3/c1-3(6)7-4(2)8-5/h3H,6H2,1-2H3,(H,7,8). The van der Waals surface area contributed by atoms with Gasteiger partial charge in [-0.05, 0) is 13.8 Å². The van der Waals surface area contributed by atoms with Crippen LogP contribution in [0, 0.1) is 0 Å². The molecule has 0 aliphatic carbocycles. The van der Waals surface area contributed by atoms with Crippen molar-refractivity contribution in [2.45, 2.75) is 20.0 Å². The summed E-state index contributed by atoms with van der Waals surface area (Å²) in [6.45, 7) is 3.70. The second kappa shape index (κ2) is 4.08. The van der Waals surface area contributed by atoms with Gasteiger partial charge in [0.15, 0.2) is 0 Å². The molecule has 0 bridgehead atoms. The quantitative estimate of drug-likeness (QED) is 0.299. The maximum Gasteiger partial charge on any atom is 0.104 e. The Labute approximate surface area is 63.2 Å². The molecule has 1 unspecified atom stereocenters. The predicted molar refractivity (Wildman–Crippen MR) is 43.9 cm³/mol. The molecular formula is C4H10IN3. The van der Waals surface area contributed by atoms with Crippen molar-refractivity contribution in [3.8, 4) is 0 Å². The molecule has 3 nitrogen and oxygen atoms in total. The lowest BCUT2D eigenvalue weighted by molar-refractivity contribution is 0.789. The molecule has 0 radical (unpaired) electrons. The Balaban J connectivity index is 3.56. The fourth-order valence-corrected chi connectivity index (χ4v) is 0.469. The molecule has 8 heavy (non-hydrogen) atoms. The first-order valence-electron chi connectivity index (χ1n) is 2.33. The van der Waals surface area contributed by atoms with Crippen molar-refractivity contribution in [2.75, 3.05) is 0 Å². The van der Waals surface area contributed by atoms with E-state index >= 15 is 0 Å². The highest BCUT2D eigenvalue weighted by Gasteiger charge is 1.87. The third-order valence-electron chi connectivity index (χ3n) is 0.534. The first-order chi connectivity index (χ1) is 3.66. The molecule has 0 aromatic rings. The van der Waals surface area contributed by atoms with Crippen molar-refractivity contribution in [2.24, 2.45) is 10.7 Å². The van der Waals surface area contributed by atoms with E-state index in [1.165, 1.54) is 0 Å². The summed E-state index contributed by atoms with van der Waals surface area (Å²) in [5.41, 5.74) is 5.34. The van der Waals surface area contributed by atoms with E-state index in [0.29, 0.717) is 0 Å². The third-order valence-corrected chi connectivity index (χ3v) is 1.31. The Bertz CT molecular complexity index is 89.3. The van der Waals surface area contributed by atoms with Crippen LogP contribution in [-0.4, -0.2) is 12.0 Å². The van der Waals surface area contributed by atoms with Crippen molar-refractivity contribution in [3.63, 3.8) is 0 Å². The first-order valence-corrected chi connectivity index (χ1v) is 3.41. The van der Waals surface area contributed by atoms with Gasteiger partial charge in [-0.1, -0.05) is 0 Å². The largest absolute Gasteiger partial charge is 0.317 e. The minimum atomic E-state index is -0.0998. The van der Waals surface area contributed by atoms with Crippen molar-refractivity contribution < 1.29 is 0 Å². The van der Waals surface area contributed by atoms with E-state index in [1.54, 1.807) is 0 Å². The summed E-state index contributed by atoms with van der Waals surface area (Å²) in [7, 11) is 0. The summed E-state index contributed by atoms with van der Waals surface area (Å²) >= 11 is 2.01. The van der Waals surface area contributed by atoms with Crippen molar-refractivity contribution >= 4 is 28.7 Å². The molecule has 1 atom stereocenters. The fourth-order valence-electron chi connectivity index (χ4n) is 0.330. The number of hydrogen-bond acceptors (Lipinski definition) is 2. The highest BCUT2D eigenvalue weighted by atomic mass is 127. The summed E-state index contributed by atoms with van der Waals surface area (Å²) in [6.07, 6.45) is -0.0998. The lowest BCUT2D eigenvalue weighted by atomic mass is 10.6. The van der Waals surface area contributed by atoms with Crippen LogP contribution in [0.4, 0.5) is 0 Å². The normalized spacial score (nSPS) is 15.8. The summed E-state index contributed by atoms with van der Waals surface area (Å²) in [6, 6.07) is 0. The molecule has 0 saturated carbocycles. The number of rotatable bonds is 1. The summed E-state index contributed by atoms with van der Waals surface area (Å²) < 4.78 is 2.84. The van der Waals surface area contributed by atoms with Crippen molar-refractivity contribution in [1.82, 2.24) is 3.53 Å². The van der Waals surface area contributed by atoms with Crippen LogP contribution in [0.3, 0.4) is 0 Å². The molecule has 4 heteroatoms. The maximum absolute atomic E-state index is 5.34. The summed E-state index contributed by atoms with van der Waals surface area (Å²) in [5, 5.41) is 0. The number of aliphatic imine (C=N–C) groups is 1. The molecule has 3 N–H and O–H groups in total. The molecule has 0 spiro atoms. The first kappa shape index (κ1) is 8.16. The average Bonchev–Trinajstić information content (AvgIpc) is 1.65. The molecule has 0 aliphatic heterocycles. The van der Waals surface area contributed by atoms with Crippen LogP contribution in [0.1, 0.15) is 13.8 Å². The maximum atomic E-state index is 5.34. The van der Waals surface area contributed by atoms with Gasteiger partial charge in [0.2, 0.25) is 0 Å². The fraction of sp³-hybridized carbons (Fsp3) is 0.750. The molecule has 0 amide bonds. The van der Waals surface area contributed by atoms with Crippen LogP contribution in [0.5, 0.6) is 0 Å². The van der Waals surface area contributed by atoms with Gasteiger partial charge in [0.05, 0.1) is 29.0 Å². The second-order valence-corrected chi connectivity index (χ2v) is 2.09. The minimum absolute atomic E-state index is 0.0998. The van der Waals surface area contributed by atoms with E-state index < -0.39 is 0 Å². The Hall–Kier alpha value is 0.160. The van der Waals surface area contributed by atoms with Gasteiger partial charge in [-0.2, -0.15) is 0 Å². The zero-order chi connectivity index (χ0) is 6.57. The van der Waals surface area contributed by atoms with Crippen LogP contribution in [0.2, 0.25) is 0 Å². The van der Waals surface area contributed by atoms with Gasteiger partial charge in [0.25, 0.3) is 0 Å². The number of amidine groups is 1. The topological polar surface area (TPSA) is 50.4 Å². The summed E-state index contributed by atoms with van der Waals surface area (Å²) in [5.74, 6) is 0.862. The van der Waals surface area contributed by atoms with E-state index in [9.17, 15) is 0 Å². The van der Waals surface area contributed by atoms with Crippen LogP contribution in [0.15, 0.2) is 4.99 Å². The molecule has 0 heterocycles. The van der Waals surface area contributed by atoms with E-state index in [2.05, 4.69) is 8.52 Å². The number of hydrogen-bond donors (Lipinski definition) is 2. The second-order valence-electron chi connectivity index (χ2n) is 1.55. The van der Waals surface area contributed by atoms with E-state index in [-0.39, 0.29) is 6.17 Å². The van der Waals surface area contributed by atoms with Gasteiger partial charge in [-0.3, -0.25) is 4.99 Å². The number of nitrogens with one attached hydrogen (secondary N) is 1. The molecule has 0 aromatic carbocycles. The predicted octanol–water partition coefficient (Wildman–Crippen LogP) is 0.649. The number of nitrogens with two attached hydrogens (primary N) is 1. The molecule has 0 aliphatic rings. The molecule has 0 aromatic heterocycles. The van der Waals surface area contributed by atoms with E-state index in [4.69, 9.17) is 5.73 Å². The van der Waals surface area contributed by atoms with Gasteiger partial charge in [0, 0.05) is 0 Å². The molecule has 0 rings (SSSR count). The highest BCUT2D eigenvalue weighted by Crippen LogP contribution is 1.80. The molecule has 0 saturated heterocycles. The number of nitrogens with zero attached hydrogens (tertiary/aromatic N) is 1. The Morgan fingerprint density at radius 2 is 2.38 bits per heavy atom. The molecule has 0 fully saturated rings. The van der Waals surface area contributed by atoms with Crippen LogP contribution in [0.25, 0.3) is 0 Å². The minimum Gasteiger partial charge on any atom is -0.317 e. The van der Waals surface area contributed by atoms with Gasteiger partial charge in [0.1, 0.15) is 5.84 Å². The van der Waals surface area contributed by atoms with E-state index in [1.807, 2.05) is 36.7 Å². The Morgan fingerprint density at radius 1 is 1.88 bits per heavy atom. The van der Waals surface area contributed by atoms with Gasteiger partial charge in [-0.15, -0.1) is 0 Å². The van der Waals surface area contributed by atoms with Gasteiger partial charge < -0.3 is 9.26 Å². The Kier molecular flexibility index (Phi) is 4.16. The Morgan fingerprint density at radius 3 is 2.50 bits per heavy atom. The van der Waals surface area contributed by atoms with Crippen molar-refractivity contribution in [1.29, 1.82) is 0 Å². The van der Waals surface area contributed by atoms with Gasteiger partial charge in [-0.25, -0.2) is 0 Å². The lowest BCUT2D eigenvalue weighted by Crippen LogP contribution is -2.17. The van der Waals surface area contributed by atoms with Crippen LogP contribution < -0.4 is 9.26 Å². The lowest BCUT2D eigenvalue weighted by Gasteiger charge is -1.98. The highest BCUT2D eigenvalue weighted by molar-refractivity contribution is 14.1. The SMILES string of the molecule is CC(=NC(C)N)NI. The molecular weight excluding hydrogens is 217 g/mol. The smallest absolute Gasteiger partial charge is 0.104 e. The van der Waals surface area contributed by atoms with Gasteiger partial charge >= 0.3 is 0 Å². The summed E-state index contributed by atoms with van der Waals surface area (Å²) in [4.78, 5) is 3.97.